The van der Waals surface area contributed by atoms with E-state index < -0.39 is 0 Å². The summed E-state index contributed by atoms with van der Waals surface area (Å²) in [6, 6.07) is 30.2. The van der Waals surface area contributed by atoms with Gasteiger partial charge in [-0.1, -0.05) is 133 Å². The van der Waals surface area contributed by atoms with Gasteiger partial charge in [-0.2, -0.15) is 0 Å². The third-order valence-corrected chi connectivity index (χ3v) is 15.3. The van der Waals surface area contributed by atoms with Crippen LogP contribution in [0.5, 0.6) is 0 Å². The zero-order valence-electron chi connectivity index (χ0n) is 39.5. The third kappa shape index (κ3) is 6.01. The van der Waals surface area contributed by atoms with Gasteiger partial charge in [0.25, 0.3) is 6.71 Å². The average Bonchev–Trinajstić information content (AvgIpc) is 3.30. The van der Waals surface area contributed by atoms with Gasteiger partial charge in [-0.3, -0.25) is 0 Å². The van der Waals surface area contributed by atoms with Crippen molar-refractivity contribution in [3.05, 3.63) is 123 Å². The predicted molar refractivity (Wildman–Crippen MR) is 258 cm³/mol. The van der Waals surface area contributed by atoms with Crippen LogP contribution in [0.15, 0.2) is 72.8 Å². The van der Waals surface area contributed by atoms with Crippen molar-refractivity contribution in [2.75, 3.05) is 9.80 Å². The van der Waals surface area contributed by atoms with Gasteiger partial charge in [0.1, 0.15) is 0 Å². The first-order chi connectivity index (χ1) is 27.2. The molecule has 0 fully saturated rings. The number of nitrogens with zero attached hydrogens (tertiary/aromatic N) is 2. The Morgan fingerprint density at radius 2 is 0.881 bits per heavy atom. The van der Waals surface area contributed by atoms with Crippen LogP contribution < -0.4 is 26.2 Å². The summed E-state index contributed by atoms with van der Waals surface area (Å²) >= 11 is 0. The first kappa shape index (κ1) is 40.2. The van der Waals surface area contributed by atoms with Crippen molar-refractivity contribution in [1.82, 2.24) is 0 Å². The molecule has 0 spiro atoms. The summed E-state index contributed by atoms with van der Waals surface area (Å²) in [5, 5.41) is 0. The highest BCUT2D eigenvalue weighted by molar-refractivity contribution is 7.00. The molecule has 5 aromatic carbocycles. The molecule has 2 nitrogen and oxygen atoms in total. The van der Waals surface area contributed by atoms with Gasteiger partial charge in [0.2, 0.25) is 0 Å². The molecule has 59 heavy (non-hydrogen) atoms. The zero-order valence-corrected chi connectivity index (χ0v) is 39.5. The van der Waals surface area contributed by atoms with Gasteiger partial charge >= 0.3 is 0 Å². The number of fused-ring (bicyclic) bond motifs is 6. The smallest absolute Gasteiger partial charge is 0.252 e. The summed E-state index contributed by atoms with van der Waals surface area (Å²) in [5.41, 5.74) is 25.3. The summed E-state index contributed by atoms with van der Waals surface area (Å²) < 4.78 is 0. The van der Waals surface area contributed by atoms with Crippen molar-refractivity contribution in [1.29, 1.82) is 0 Å². The molecular weight excluding hydrogens is 711 g/mol. The predicted octanol–water partition coefficient (Wildman–Crippen LogP) is 13.6. The number of anilines is 6. The van der Waals surface area contributed by atoms with Gasteiger partial charge in [0, 0.05) is 34.1 Å². The molecule has 2 aliphatic carbocycles. The maximum absolute atomic E-state index is 2.72. The van der Waals surface area contributed by atoms with E-state index in [4.69, 9.17) is 0 Å². The Balaban J connectivity index is 1.43. The highest BCUT2D eigenvalue weighted by Crippen LogP contribution is 2.55. The first-order valence-corrected chi connectivity index (χ1v) is 22.6. The molecular formula is C56H69BN2. The Labute approximate surface area is 357 Å². The lowest BCUT2D eigenvalue weighted by atomic mass is 9.33. The van der Waals surface area contributed by atoms with Gasteiger partial charge in [-0.25, -0.2) is 0 Å². The summed E-state index contributed by atoms with van der Waals surface area (Å²) in [4.78, 5) is 5.38. The van der Waals surface area contributed by atoms with Crippen LogP contribution in [0.3, 0.4) is 0 Å². The maximum atomic E-state index is 2.72. The molecule has 5 aromatic rings. The Hall–Kier alpha value is -4.24. The fraction of sp³-hybridized carbons (Fsp3) is 0.464. The maximum Gasteiger partial charge on any atom is 0.252 e. The molecule has 306 valence electrons. The minimum absolute atomic E-state index is 0.00502. The molecule has 0 bridgehead atoms. The largest absolute Gasteiger partial charge is 0.311 e. The Kier molecular flexibility index (Phi) is 8.46. The van der Waals surface area contributed by atoms with E-state index in [2.05, 4.69) is 200 Å². The number of rotatable bonds is 2. The molecule has 0 atom stereocenters. The van der Waals surface area contributed by atoms with E-state index in [1.807, 2.05) is 0 Å². The van der Waals surface area contributed by atoms with E-state index in [9.17, 15) is 0 Å². The van der Waals surface area contributed by atoms with Crippen LogP contribution in [0, 0.1) is 20.8 Å². The minimum Gasteiger partial charge on any atom is -0.311 e. The third-order valence-electron chi connectivity index (χ3n) is 15.3. The summed E-state index contributed by atoms with van der Waals surface area (Å²) in [5.74, 6) is 0. The van der Waals surface area contributed by atoms with Crippen molar-refractivity contribution in [2.24, 2.45) is 0 Å². The number of benzene rings is 5. The molecule has 0 N–H and O–H groups in total. The molecule has 3 heteroatoms. The number of hydrogen-bond acceptors (Lipinski definition) is 2. The quantitative estimate of drug-likeness (QED) is 0.161. The van der Waals surface area contributed by atoms with Gasteiger partial charge in [-0.05, 0) is 175 Å². The molecule has 2 aliphatic heterocycles. The van der Waals surface area contributed by atoms with Crippen LogP contribution in [0.1, 0.15) is 166 Å². The molecule has 0 unspecified atom stereocenters. The Morgan fingerprint density at radius 3 is 1.44 bits per heavy atom. The van der Waals surface area contributed by atoms with E-state index in [0.717, 1.165) is 6.42 Å². The topological polar surface area (TPSA) is 6.48 Å². The van der Waals surface area contributed by atoms with Crippen molar-refractivity contribution in [3.8, 4) is 0 Å². The zero-order chi connectivity index (χ0) is 42.7. The average molecular weight is 781 g/mol. The van der Waals surface area contributed by atoms with E-state index in [0.29, 0.717) is 0 Å². The van der Waals surface area contributed by atoms with Crippen LogP contribution in [0.2, 0.25) is 0 Å². The Morgan fingerprint density at radius 1 is 0.441 bits per heavy atom. The monoisotopic (exact) mass is 781 g/mol. The van der Waals surface area contributed by atoms with Gasteiger partial charge in [0.05, 0.1) is 0 Å². The normalized spacial score (nSPS) is 19.2. The van der Waals surface area contributed by atoms with Crippen LogP contribution in [-0.4, -0.2) is 6.71 Å². The summed E-state index contributed by atoms with van der Waals surface area (Å²) in [6.45, 7) is 40.9. The summed E-state index contributed by atoms with van der Waals surface area (Å²) in [6.07, 6.45) is 3.55. The fourth-order valence-electron chi connectivity index (χ4n) is 11.8. The second-order valence-corrected chi connectivity index (χ2v) is 23.9. The Bertz CT molecular complexity index is 2600. The van der Waals surface area contributed by atoms with E-state index in [1.54, 1.807) is 0 Å². The SMILES string of the molecule is Cc1cc2c3c(c1)N(c1cc4c(cc1C)C(C)(C)CCC4(C)C)c1cc4c(cc1B3c1ccc(C(C)(C)C)cc1N2c1cc(C(C)(C)C)ccc1C)C(C)(C)CC4(C)C. The molecule has 0 radical (unpaired) electrons. The van der Waals surface area contributed by atoms with E-state index >= 15 is 0 Å². The molecule has 0 amide bonds. The second-order valence-electron chi connectivity index (χ2n) is 23.9. The van der Waals surface area contributed by atoms with Gasteiger partial charge < -0.3 is 9.80 Å². The van der Waals surface area contributed by atoms with E-state index in [1.165, 1.54) is 113 Å². The standard InChI is InChI=1S/C56H69BN2/c1-33-24-48-50-49(25-33)59(45-30-40-38(26-35(45)3)53(10,11)22-23-54(40,12)13)47-31-41-39(55(14,15)32-56(41,16)17)29-43(47)57(50)42-21-20-37(52(7,8)9)28-46(42)58(48)44-27-36(51(4,5)6)19-18-34(44)2/h18-21,24-31H,22-23,32H2,1-17H3. The van der Waals surface area contributed by atoms with E-state index in [-0.39, 0.29) is 39.2 Å². The second kappa shape index (κ2) is 12.4. The van der Waals surface area contributed by atoms with Crippen molar-refractivity contribution in [2.45, 2.75) is 169 Å². The lowest BCUT2D eigenvalue weighted by Gasteiger charge is -2.47. The highest BCUT2D eigenvalue weighted by Gasteiger charge is 2.49. The fourth-order valence-corrected chi connectivity index (χ4v) is 11.8. The molecule has 0 saturated carbocycles. The van der Waals surface area contributed by atoms with Crippen molar-refractivity contribution >= 4 is 57.2 Å². The molecule has 0 aromatic heterocycles. The molecule has 2 heterocycles. The number of hydrogen-bond donors (Lipinski definition) is 0. The molecule has 0 saturated heterocycles. The summed E-state index contributed by atoms with van der Waals surface area (Å²) in [7, 11) is 0. The van der Waals surface area contributed by atoms with Gasteiger partial charge in [0.15, 0.2) is 0 Å². The van der Waals surface area contributed by atoms with Crippen molar-refractivity contribution < 1.29 is 0 Å². The number of aryl methyl sites for hydroxylation is 3. The lowest BCUT2D eigenvalue weighted by molar-refractivity contribution is 0.332. The highest BCUT2D eigenvalue weighted by atomic mass is 15.2. The molecule has 9 rings (SSSR count). The van der Waals surface area contributed by atoms with Crippen molar-refractivity contribution in [3.63, 3.8) is 0 Å². The van der Waals surface area contributed by atoms with Crippen LogP contribution >= 0.6 is 0 Å². The van der Waals surface area contributed by atoms with Crippen LogP contribution in [0.4, 0.5) is 34.1 Å². The van der Waals surface area contributed by atoms with Gasteiger partial charge in [-0.15, -0.1) is 0 Å². The first-order valence-electron chi connectivity index (χ1n) is 22.6. The molecule has 4 aliphatic rings. The van der Waals surface area contributed by atoms with Crippen LogP contribution in [-0.2, 0) is 32.5 Å². The van der Waals surface area contributed by atoms with Crippen LogP contribution in [0.25, 0.3) is 0 Å². The minimum atomic E-state index is 0.00502. The lowest BCUT2D eigenvalue weighted by Crippen LogP contribution is -2.61.